The van der Waals surface area contributed by atoms with Crippen LogP contribution in [-0.4, -0.2) is 63.7 Å². The monoisotopic (exact) mass is 381 g/mol. The number of fused-ring (bicyclic) bond motifs is 1. The van der Waals surface area contributed by atoms with E-state index in [1.54, 1.807) is 12.5 Å². The van der Waals surface area contributed by atoms with E-state index in [2.05, 4.69) is 37.9 Å². The lowest BCUT2D eigenvalue weighted by atomic mass is 10.0. The largest absolute Gasteiger partial charge is 0.463 e. The number of amides is 1. The average molecular weight is 381 g/mol. The quantitative estimate of drug-likeness (QED) is 0.693. The van der Waals surface area contributed by atoms with Crippen molar-refractivity contribution in [3.63, 3.8) is 0 Å². The molecule has 7 nitrogen and oxygen atoms in total. The number of hydrogen-bond donors (Lipinski definition) is 0. The van der Waals surface area contributed by atoms with Gasteiger partial charge in [-0.3, -0.25) is 4.79 Å². The zero-order valence-corrected chi connectivity index (χ0v) is 16.9. The smallest absolute Gasteiger partial charge is 0.254 e. The van der Waals surface area contributed by atoms with Crippen molar-refractivity contribution >= 4 is 16.9 Å². The minimum Gasteiger partial charge on any atom is -0.463 e. The van der Waals surface area contributed by atoms with Gasteiger partial charge < -0.3 is 14.2 Å². The third-order valence-electron chi connectivity index (χ3n) is 5.54. The van der Waals surface area contributed by atoms with E-state index in [4.69, 9.17) is 9.40 Å². The van der Waals surface area contributed by atoms with Crippen molar-refractivity contribution in [2.75, 3.05) is 27.2 Å². The molecule has 4 rings (SSSR count). The van der Waals surface area contributed by atoms with E-state index in [9.17, 15) is 4.79 Å². The molecule has 0 unspecified atom stereocenters. The van der Waals surface area contributed by atoms with E-state index in [0.717, 1.165) is 37.0 Å². The van der Waals surface area contributed by atoms with Gasteiger partial charge in [-0.2, -0.15) is 5.10 Å². The summed E-state index contributed by atoms with van der Waals surface area (Å²) >= 11 is 0. The number of carbonyl (C=O) groups excluding carboxylic acids is 1. The Balaban J connectivity index is 1.74. The summed E-state index contributed by atoms with van der Waals surface area (Å²) in [7, 11) is 4.20. The van der Waals surface area contributed by atoms with E-state index in [1.165, 1.54) is 0 Å². The second kappa shape index (κ2) is 7.39. The topological polar surface area (TPSA) is 67.4 Å². The fraction of sp³-hybridized carbons (Fsp3) is 0.476. The fourth-order valence-electron chi connectivity index (χ4n) is 3.88. The van der Waals surface area contributed by atoms with Crippen LogP contribution in [0.4, 0.5) is 0 Å². The SMILES string of the molecule is CC(C)n1ncc2c(C(=O)N3CCC(N(C)C)CC3)cc(-c3ccco3)nc21. The van der Waals surface area contributed by atoms with Crippen molar-refractivity contribution in [1.82, 2.24) is 24.6 Å². The van der Waals surface area contributed by atoms with Crippen molar-refractivity contribution in [2.45, 2.75) is 38.8 Å². The minimum atomic E-state index is 0.0423. The van der Waals surface area contributed by atoms with Gasteiger partial charge in [0.05, 0.1) is 23.4 Å². The Kier molecular flexibility index (Phi) is 4.93. The maximum Gasteiger partial charge on any atom is 0.254 e. The number of pyridine rings is 1. The molecule has 148 valence electrons. The van der Waals surface area contributed by atoms with Gasteiger partial charge in [-0.25, -0.2) is 9.67 Å². The third kappa shape index (κ3) is 3.30. The molecule has 7 heteroatoms. The molecular weight excluding hydrogens is 354 g/mol. The molecule has 0 N–H and O–H groups in total. The van der Waals surface area contributed by atoms with Crippen molar-refractivity contribution in [3.8, 4) is 11.5 Å². The lowest BCUT2D eigenvalue weighted by Crippen LogP contribution is -2.44. The lowest BCUT2D eigenvalue weighted by molar-refractivity contribution is 0.0665. The summed E-state index contributed by atoms with van der Waals surface area (Å²) in [4.78, 5) is 22.4. The summed E-state index contributed by atoms with van der Waals surface area (Å²) in [6.45, 7) is 5.64. The van der Waals surface area contributed by atoms with Gasteiger partial charge in [0.1, 0.15) is 5.69 Å². The van der Waals surface area contributed by atoms with Gasteiger partial charge in [-0.15, -0.1) is 0 Å². The molecule has 0 atom stereocenters. The van der Waals surface area contributed by atoms with Crippen LogP contribution in [0.25, 0.3) is 22.5 Å². The fourth-order valence-corrected chi connectivity index (χ4v) is 3.88. The molecule has 1 amide bonds. The van der Waals surface area contributed by atoms with Crippen LogP contribution in [0.2, 0.25) is 0 Å². The summed E-state index contributed by atoms with van der Waals surface area (Å²) in [5.74, 6) is 0.694. The number of furan rings is 1. The Morgan fingerprint density at radius 1 is 1.29 bits per heavy atom. The van der Waals surface area contributed by atoms with Crippen molar-refractivity contribution in [1.29, 1.82) is 0 Å². The highest BCUT2D eigenvalue weighted by molar-refractivity contribution is 6.06. The predicted molar refractivity (Wildman–Crippen MR) is 108 cm³/mol. The molecule has 0 spiro atoms. The standard InChI is InChI=1S/C21H27N5O2/c1-14(2)26-20-17(13-22-26)16(12-18(23-20)19-6-5-11-28-19)21(27)25-9-7-15(8-10-25)24(3)4/h5-6,11-15H,7-10H2,1-4H3. The van der Waals surface area contributed by atoms with Crippen LogP contribution in [0.5, 0.6) is 0 Å². The molecule has 28 heavy (non-hydrogen) atoms. The lowest BCUT2D eigenvalue weighted by Gasteiger charge is -2.35. The summed E-state index contributed by atoms with van der Waals surface area (Å²) in [5.41, 5.74) is 2.02. The summed E-state index contributed by atoms with van der Waals surface area (Å²) in [6.07, 6.45) is 5.36. The van der Waals surface area contributed by atoms with Crippen LogP contribution in [0.15, 0.2) is 35.1 Å². The van der Waals surface area contributed by atoms with Gasteiger partial charge in [0.25, 0.3) is 5.91 Å². The molecule has 0 bridgehead atoms. The molecule has 0 aliphatic carbocycles. The van der Waals surface area contributed by atoms with Crippen LogP contribution in [0.1, 0.15) is 43.1 Å². The van der Waals surface area contributed by atoms with Crippen LogP contribution in [0, 0.1) is 0 Å². The molecule has 0 saturated carbocycles. The van der Waals surface area contributed by atoms with E-state index >= 15 is 0 Å². The highest BCUT2D eigenvalue weighted by atomic mass is 16.3. The van der Waals surface area contributed by atoms with Crippen LogP contribution in [0.3, 0.4) is 0 Å². The molecule has 3 aromatic rings. The zero-order chi connectivity index (χ0) is 19.8. The van der Waals surface area contributed by atoms with E-state index in [-0.39, 0.29) is 11.9 Å². The molecule has 0 aromatic carbocycles. The van der Waals surface area contributed by atoms with Gasteiger partial charge in [-0.1, -0.05) is 0 Å². The molecular formula is C21H27N5O2. The van der Waals surface area contributed by atoms with Gasteiger partial charge in [0.15, 0.2) is 11.4 Å². The molecule has 3 aromatic heterocycles. The van der Waals surface area contributed by atoms with E-state index in [0.29, 0.717) is 23.1 Å². The first-order chi connectivity index (χ1) is 13.5. The first kappa shape index (κ1) is 18.7. The van der Waals surface area contributed by atoms with E-state index < -0.39 is 0 Å². The Hall–Kier alpha value is -2.67. The second-order valence-electron chi connectivity index (χ2n) is 7.94. The second-order valence-corrected chi connectivity index (χ2v) is 7.94. The Labute approximate surface area is 164 Å². The maximum absolute atomic E-state index is 13.4. The van der Waals surface area contributed by atoms with Gasteiger partial charge in [-0.05, 0) is 59.0 Å². The van der Waals surface area contributed by atoms with Crippen LogP contribution in [-0.2, 0) is 0 Å². The number of likely N-dealkylation sites (tertiary alicyclic amines) is 1. The third-order valence-corrected chi connectivity index (χ3v) is 5.54. The Morgan fingerprint density at radius 2 is 2.04 bits per heavy atom. The predicted octanol–water partition coefficient (Wildman–Crippen LogP) is 3.44. The molecule has 1 aliphatic rings. The molecule has 4 heterocycles. The maximum atomic E-state index is 13.4. The molecule has 1 saturated heterocycles. The number of carbonyl (C=O) groups is 1. The average Bonchev–Trinajstić information content (AvgIpc) is 3.36. The summed E-state index contributed by atoms with van der Waals surface area (Å²) in [5, 5.41) is 5.28. The number of hydrogen-bond acceptors (Lipinski definition) is 5. The normalized spacial score (nSPS) is 15.9. The van der Waals surface area contributed by atoms with Gasteiger partial charge in [0, 0.05) is 25.2 Å². The summed E-state index contributed by atoms with van der Waals surface area (Å²) < 4.78 is 7.40. The highest BCUT2D eigenvalue weighted by Gasteiger charge is 2.27. The number of rotatable bonds is 4. The van der Waals surface area contributed by atoms with Crippen molar-refractivity contribution in [2.24, 2.45) is 0 Å². The number of piperidine rings is 1. The van der Waals surface area contributed by atoms with Gasteiger partial charge >= 0.3 is 0 Å². The first-order valence-electron chi connectivity index (χ1n) is 9.83. The zero-order valence-electron chi connectivity index (χ0n) is 16.9. The van der Waals surface area contributed by atoms with E-state index in [1.807, 2.05) is 27.8 Å². The van der Waals surface area contributed by atoms with Crippen molar-refractivity contribution < 1.29 is 9.21 Å². The van der Waals surface area contributed by atoms with Gasteiger partial charge in [0.2, 0.25) is 0 Å². The molecule has 0 radical (unpaired) electrons. The molecule has 1 aliphatic heterocycles. The van der Waals surface area contributed by atoms with Crippen LogP contribution >= 0.6 is 0 Å². The first-order valence-corrected chi connectivity index (χ1v) is 9.83. The number of aromatic nitrogens is 3. The Bertz CT molecular complexity index is 966. The Morgan fingerprint density at radius 3 is 2.64 bits per heavy atom. The minimum absolute atomic E-state index is 0.0423. The van der Waals surface area contributed by atoms with Crippen molar-refractivity contribution in [3.05, 3.63) is 36.2 Å². The highest BCUT2D eigenvalue weighted by Crippen LogP contribution is 2.28. The molecule has 1 fully saturated rings. The number of nitrogens with zero attached hydrogens (tertiary/aromatic N) is 5. The summed E-state index contributed by atoms with van der Waals surface area (Å²) in [6, 6.07) is 6.21. The van der Waals surface area contributed by atoms with Crippen LogP contribution < -0.4 is 0 Å².